The largest absolute Gasteiger partial charge is 0.489 e. The van der Waals surface area contributed by atoms with Crippen LogP contribution in [0.15, 0.2) is 18.2 Å². The van der Waals surface area contributed by atoms with Gasteiger partial charge in [0, 0.05) is 18.5 Å². The van der Waals surface area contributed by atoms with Gasteiger partial charge in [-0.15, -0.1) is 0 Å². The predicted molar refractivity (Wildman–Crippen MR) is 67.0 cm³/mol. The number of aryl methyl sites for hydroxylation is 1. The van der Waals surface area contributed by atoms with E-state index in [4.69, 9.17) is 4.74 Å². The zero-order valence-electron chi connectivity index (χ0n) is 10.6. The molecule has 1 aliphatic heterocycles. The van der Waals surface area contributed by atoms with Crippen molar-refractivity contribution in [3.63, 3.8) is 0 Å². The third kappa shape index (κ3) is 2.38. The molecule has 0 bridgehead atoms. The second-order valence-corrected chi connectivity index (χ2v) is 5.41. The molecule has 1 unspecified atom stereocenters. The molecule has 1 fully saturated rings. The number of hydrogen-bond acceptors (Lipinski definition) is 2. The zero-order chi connectivity index (χ0) is 11.8. The van der Waals surface area contributed by atoms with Crippen LogP contribution in [0.3, 0.4) is 0 Å². The predicted octanol–water partition coefficient (Wildman–Crippen LogP) is 2.82. The van der Waals surface area contributed by atoms with Crippen molar-refractivity contribution >= 4 is 0 Å². The van der Waals surface area contributed by atoms with Crippen LogP contribution in [0.25, 0.3) is 0 Å². The van der Waals surface area contributed by atoms with Crippen molar-refractivity contribution in [1.82, 2.24) is 5.32 Å². The molecule has 0 aliphatic carbocycles. The fourth-order valence-electron chi connectivity index (χ4n) is 2.22. The first-order chi connectivity index (χ1) is 7.48. The summed E-state index contributed by atoms with van der Waals surface area (Å²) >= 11 is 0. The molecule has 1 saturated heterocycles. The van der Waals surface area contributed by atoms with Gasteiger partial charge in [0.2, 0.25) is 0 Å². The van der Waals surface area contributed by atoms with Crippen LogP contribution in [-0.2, 0) is 0 Å². The lowest BCUT2D eigenvalue weighted by Gasteiger charge is -2.18. The van der Waals surface area contributed by atoms with Gasteiger partial charge in [0.25, 0.3) is 0 Å². The molecule has 1 aromatic carbocycles. The van der Waals surface area contributed by atoms with E-state index >= 15 is 0 Å². The lowest BCUT2D eigenvalue weighted by atomic mass is 10.0. The van der Waals surface area contributed by atoms with E-state index in [1.165, 1.54) is 11.1 Å². The van der Waals surface area contributed by atoms with E-state index in [-0.39, 0.29) is 5.54 Å². The Bertz CT molecular complexity index is 384. The fourth-order valence-corrected chi connectivity index (χ4v) is 2.22. The molecule has 2 nitrogen and oxygen atoms in total. The maximum absolute atomic E-state index is 6.06. The summed E-state index contributed by atoms with van der Waals surface area (Å²) in [4.78, 5) is 0. The minimum absolute atomic E-state index is 0.211. The second-order valence-electron chi connectivity index (χ2n) is 5.41. The number of rotatable bonds is 2. The Labute approximate surface area is 98.0 Å². The van der Waals surface area contributed by atoms with Crippen LogP contribution in [0.4, 0.5) is 0 Å². The molecule has 0 aromatic heterocycles. The van der Waals surface area contributed by atoms with Crippen molar-refractivity contribution in [3.8, 4) is 5.75 Å². The first-order valence-corrected chi connectivity index (χ1v) is 5.96. The molecular formula is C14H21NO. The Kier molecular flexibility index (Phi) is 2.94. The molecule has 1 aliphatic rings. The molecule has 0 amide bonds. The lowest BCUT2D eigenvalue weighted by Crippen LogP contribution is -2.31. The highest BCUT2D eigenvalue weighted by atomic mass is 16.5. The molecule has 1 atom stereocenters. The van der Waals surface area contributed by atoms with Gasteiger partial charge in [-0.05, 0) is 44.9 Å². The topological polar surface area (TPSA) is 21.3 Å². The van der Waals surface area contributed by atoms with Gasteiger partial charge in [-0.25, -0.2) is 0 Å². The molecule has 2 rings (SSSR count). The van der Waals surface area contributed by atoms with E-state index < -0.39 is 0 Å². The number of nitrogens with one attached hydrogen (secondary N) is 1. The third-order valence-corrected chi connectivity index (χ3v) is 3.39. The Morgan fingerprint density at radius 1 is 1.31 bits per heavy atom. The van der Waals surface area contributed by atoms with Crippen molar-refractivity contribution in [2.75, 3.05) is 6.54 Å². The molecule has 88 valence electrons. The van der Waals surface area contributed by atoms with Crippen LogP contribution in [0.2, 0.25) is 0 Å². The van der Waals surface area contributed by atoms with E-state index in [2.05, 4.69) is 51.2 Å². The van der Waals surface area contributed by atoms with Crippen LogP contribution in [-0.4, -0.2) is 18.2 Å². The van der Waals surface area contributed by atoms with Crippen molar-refractivity contribution in [2.24, 2.45) is 0 Å². The van der Waals surface area contributed by atoms with Crippen LogP contribution < -0.4 is 10.1 Å². The molecular weight excluding hydrogens is 198 g/mol. The number of ether oxygens (including phenoxy) is 1. The van der Waals surface area contributed by atoms with Crippen LogP contribution in [0, 0.1) is 13.8 Å². The Balaban J connectivity index is 2.08. The van der Waals surface area contributed by atoms with Gasteiger partial charge in [-0.3, -0.25) is 0 Å². The van der Waals surface area contributed by atoms with E-state index in [9.17, 15) is 0 Å². The molecule has 0 radical (unpaired) electrons. The average molecular weight is 219 g/mol. The summed E-state index contributed by atoms with van der Waals surface area (Å²) in [7, 11) is 0. The molecule has 16 heavy (non-hydrogen) atoms. The molecule has 1 aromatic rings. The quantitative estimate of drug-likeness (QED) is 0.826. The summed E-state index contributed by atoms with van der Waals surface area (Å²) in [5, 5.41) is 3.48. The molecule has 0 spiro atoms. The van der Waals surface area contributed by atoms with Gasteiger partial charge in [-0.1, -0.05) is 12.1 Å². The highest BCUT2D eigenvalue weighted by Crippen LogP contribution is 2.26. The highest BCUT2D eigenvalue weighted by molar-refractivity contribution is 5.38. The van der Waals surface area contributed by atoms with Crippen molar-refractivity contribution in [1.29, 1.82) is 0 Å². The number of benzene rings is 1. The van der Waals surface area contributed by atoms with Gasteiger partial charge >= 0.3 is 0 Å². The van der Waals surface area contributed by atoms with Crippen molar-refractivity contribution in [2.45, 2.75) is 45.8 Å². The standard InChI is InChI=1S/C14H21NO/c1-10-6-5-7-13(11(10)2)16-12-8-14(3,4)15-9-12/h5-7,12,15H,8-9H2,1-4H3. The van der Waals surface area contributed by atoms with Gasteiger partial charge in [-0.2, -0.15) is 0 Å². The molecule has 2 heteroatoms. The van der Waals surface area contributed by atoms with Gasteiger partial charge in [0.15, 0.2) is 0 Å². The normalized spacial score (nSPS) is 23.4. The minimum atomic E-state index is 0.211. The summed E-state index contributed by atoms with van der Waals surface area (Å²) in [5.74, 6) is 1.03. The van der Waals surface area contributed by atoms with Gasteiger partial charge in [0.05, 0.1) is 0 Å². The summed E-state index contributed by atoms with van der Waals surface area (Å²) in [6, 6.07) is 6.25. The first-order valence-electron chi connectivity index (χ1n) is 5.96. The maximum Gasteiger partial charge on any atom is 0.122 e. The highest BCUT2D eigenvalue weighted by Gasteiger charge is 2.31. The average Bonchev–Trinajstić information content (AvgIpc) is 2.53. The first kappa shape index (κ1) is 11.5. The fraction of sp³-hybridized carbons (Fsp3) is 0.571. The van der Waals surface area contributed by atoms with Crippen molar-refractivity contribution < 1.29 is 4.74 Å². The second kappa shape index (κ2) is 4.10. The van der Waals surface area contributed by atoms with Crippen LogP contribution in [0.5, 0.6) is 5.75 Å². The summed E-state index contributed by atoms with van der Waals surface area (Å²) in [5.41, 5.74) is 2.76. The van der Waals surface area contributed by atoms with E-state index in [1.54, 1.807) is 0 Å². The monoisotopic (exact) mass is 219 g/mol. The smallest absolute Gasteiger partial charge is 0.122 e. The Morgan fingerprint density at radius 2 is 2.06 bits per heavy atom. The molecule has 0 saturated carbocycles. The van der Waals surface area contributed by atoms with Crippen LogP contribution in [0.1, 0.15) is 31.4 Å². The minimum Gasteiger partial charge on any atom is -0.489 e. The summed E-state index contributed by atoms with van der Waals surface area (Å²) in [6.07, 6.45) is 1.37. The summed E-state index contributed by atoms with van der Waals surface area (Å²) in [6.45, 7) is 9.64. The molecule has 1 N–H and O–H groups in total. The van der Waals surface area contributed by atoms with E-state index in [0.717, 1.165) is 18.7 Å². The Hall–Kier alpha value is -1.02. The van der Waals surface area contributed by atoms with E-state index in [0.29, 0.717) is 6.10 Å². The maximum atomic E-state index is 6.06. The van der Waals surface area contributed by atoms with Crippen LogP contribution >= 0.6 is 0 Å². The van der Waals surface area contributed by atoms with Gasteiger partial charge in [0.1, 0.15) is 11.9 Å². The Morgan fingerprint density at radius 3 is 2.69 bits per heavy atom. The lowest BCUT2D eigenvalue weighted by molar-refractivity contribution is 0.213. The zero-order valence-corrected chi connectivity index (χ0v) is 10.6. The van der Waals surface area contributed by atoms with E-state index in [1.807, 2.05) is 0 Å². The number of hydrogen-bond donors (Lipinski definition) is 1. The van der Waals surface area contributed by atoms with Crippen molar-refractivity contribution in [3.05, 3.63) is 29.3 Å². The molecule has 1 heterocycles. The third-order valence-electron chi connectivity index (χ3n) is 3.39. The SMILES string of the molecule is Cc1cccc(OC2CNC(C)(C)C2)c1C. The summed E-state index contributed by atoms with van der Waals surface area (Å²) < 4.78 is 6.06. The van der Waals surface area contributed by atoms with Gasteiger partial charge < -0.3 is 10.1 Å².